The van der Waals surface area contributed by atoms with Crippen molar-refractivity contribution in [3.05, 3.63) is 102 Å². The van der Waals surface area contributed by atoms with Gasteiger partial charge in [0.05, 0.1) is 6.04 Å². The molecule has 2 N–H and O–H groups in total. The van der Waals surface area contributed by atoms with E-state index in [1.165, 1.54) is 6.07 Å². The van der Waals surface area contributed by atoms with Gasteiger partial charge < -0.3 is 10.6 Å². The van der Waals surface area contributed by atoms with E-state index >= 15 is 0 Å². The molecule has 0 aliphatic carbocycles. The van der Waals surface area contributed by atoms with Crippen LogP contribution >= 0.6 is 12.2 Å². The van der Waals surface area contributed by atoms with E-state index in [1.807, 2.05) is 60.7 Å². The van der Waals surface area contributed by atoms with Gasteiger partial charge in [-0.15, -0.1) is 0 Å². The molecule has 0 fully saturated rings. The maximum atomic E-state index is 13.3. The molecule has 0 spiro atoms. The highest BCUT2D eigenvalue weighted by Gasteiger charge is 2.15. The van der Waals surface area contributed by atoms with Crippen molar-refractivity contribution in [1.29, 1.82) is 0 Å². The van der Waals surface area contributed by atoms with Gasteiger partial charge in [-0.2, -0.15) is 0 Å². The molecule has 0 saturated carbocycles. The Hall–Kier alpha value is -2.79. The Balaban J connectivity index is 1.80. The SMILES string of the molecule is Fc1ccc(NC(=S)NC(c2ccccc2)c2ccccc2)cc1F. The van der Waals surface area contributed by atoms with Crippen molar-refractivity contribution in [2.45, 2.75) is 6.04 Å². The number of benzene rings is 3. The number of rotatable bonds is 4. The molecule has 3 aromatic rings. The standard InChI is InChI=1S/C20H16F2N2S/c21-17-12-11-16(13-18(17)22)23-20(25)24-19(14-7-3-1-4-8-14)15-9-5-2-6-10-15/h1-13,19H,(H2,23,24,25). The molecule has 0 amide bonds. The predicted molar refractivity (Wildman–Crippen MR) is 100 cm³/mol. The lowest BCUT2D eigenvalue weighted by atomic mass is 9.99. The lowest BCUT2D eigenvalue weighted by molar-refractivity contribution is 0.509. The van der Waals surface area contributed by atoms with Gasteiger partial charge in [-0.25, -0.2) is 8.78 Å². The first-order valence-electron chi connectivity index (χ1n) is 7.76. The highest BCUT2D eigenvalue weighted by molar-refractivity contribution is 7.80. The lowest BCUT2D eigenvalue weighted by Crippen LogP contribution is -2.33. The Morgan fingerprint density at radius 2 is 1.32 bits per heavy atom. The van der Waals surface area contributed by atoms with Crippen LogP contribution in [0.5, 0.6) is 0 Å². The number of hydrogen-bond donors (Lipinski definition) is 2. The molecule has 2 nitrogen and oxygen atoms in total. The summed E-state index contributed by atoms with van der Waals surface area (Å²) in [5.74, 6) is -1.81. The van der Waals surface area contributed by atoms with Gasteiger partial charge in [0.15, 0.2) is 16.7 Å². The van der Waals surface area contributed by atoms with Crippen molar-refractivity contribution in [2.75, 3.05) is 5.32 Å². The van der Waals surface area contributed by atoms with E-state index in [1.54, 1.807) is 0 Å². The second-order valence-corrected chi connectivity index (χ2v) is 5.89. The Morgan fingerprint density at radius 1 is 0.760 bits per heavy atom. The molecule has 25 heavy (non-hydrogen) atoms. The van der Waals surface area contributed by atoms with Crippen LogP contribution in [0.1, 0.15) is 17.2 Å². The zero-order chi connectivity index (χ0) is 17.6. The first kappa shape index (κ1) is 17.0. The lowest BCUT2D eigenvalue weighted by Gasteiger charge is -2.22. The summed E-state index contributed by atoms with van der Waals surface area (Å²) in [5, 5.41) is 6.45. The van der Waals surface area contributed by atoms with Gasteiger partial charge in [0.1, 0.15) is 0 Å². The summed E-state index contributed by atoms with van der Waals surface area (Å²) in [5.41, 5.74) is 2.47. The van der Waals surface area contributed by atoms with Crippen LogP contribution in [0.4, 0.5) is 14.5 Å². The van der Waals surface area contributed by atoms with Crippen molar-refractivity contribution in [2.24, 2.45) is 0 Å². The molecule has 0 bridgehead atoms. The smallest absolute Gasteiger partial charge is 0.171 e. The third kappa shape index (κ3) is 4.39. The normalized spacial score (nSPS) is 10.5. The van der Waals surface area contributed by atoms with E-state index in [4.69, 9.17) is 12.2 Å². The average molecular weight is 354 g/mol. The fraction of sp³-hybridized carbons (Fsp3) is 0.0500. The van der Waals surface area contributed by atoms with Gasteiger partial charge >= 0.3 is 0 Å². The van der Waals surface area contributed by atoms with Crippen molar-refractivity contribution in [3.8, 4) is 0 Å². The molecule has 3 rings (SSSR count). The monoisotopic (exact) mass is 354 g/mol. The van der Waals surface area contributed by atoms with Crippen molar-refractivity contribution < 1.29 is 8.78 Å². The summed E-state index contributed by atoms with van der Waals surface area (Å²) in [6, 6.07) is 23.2. The fourth-order valence-corrected chi connectivity index (χ4v) is 2.76. The van der Waals surface area contributed by atoms with Crippen LogP contribution in [0.15, 0.2) is 78.9 Å². The Labute approximate surface area is 150 Å². The van der Waals surface area contributed by atoms with Gasteiger partial charge in [0.25, 0.3) is 0 Å². The topological polar surface area (TPSA) is 24.1 Å². The van der Waals surface area contributed by atoms with Gasteiger partial charge in [-0.05, 0) is 35.5 Å². The van der Waals surface area contributed by atoms with Crippen LogP contribution in [0.2, 0.25) is 0 Å². The molecular weight excluding hydrogens is 338 g/mol. The molecule has 5 heteroatoms. The van der Waals surface area contributed by atoms with E-state index in [0.717, 1.165) is 23.3 Å². The number of halogens is 2. The number of anilines is 1. The highest BCUT2D eigenvalue weighted by atomic mass is 32.1. The Kier molecular flexibility index (Phi) is 5.36. The van der Waals surface area contributed by atoms with Crippen LogP contribution in [0, 0.1) is 11.6 Å². The zero-order valence-electron chi connectivity index (χ0n) is 13.2. The molecule has 0 aliphatic rings. The maximum absolute atomic E-state index is 13.3. The molecule has 0 aromatic heterocycles. The Bertz CT molecular complexity index is 815. The van der Waals surface area contributed by atoms with Gasteiger partial charge in [0.2, 0.25) is 0 Å². The molecule has 0 saturated heterocycles. The minimum atomic E-state index is -0.921. The molecule has 0 atom stereocenters. The zero-order valence-corrected chi connectivity index (χ0v) is 14.1. The summed E-state index contributed by atoms with van der Waals surface area (Å²) >= 11 is 5.35. The first-order valence-corrected chi connectivity index (χ1v) is 8.17. The minimum Gasteiger partial charge on any atom is -0.352 e. The molecule has 0 unspecified atom stereocenters. The summed E-state index contributed by atoms with van der Waals surface area (Å²) in [7, 11) is 0. The largest absolute Gasteiger partial charge is 0.352 e. The van der Waals surface area contributed by atoms with E-state index in [9.17, 15) is 8.78 Å². The highest BCUT2D eigenvalue weighted by Crippen LogP contribution is 2.22. The molecule has 0 heterocycles. The van der Waals surface area contributed by atoms with Crippen LogP contribution < -0.4 is 10.6 Å². The molecular formula is C20H16F2N2S. The fourth-order valence-electron chi connectivity index (χ4n) is 2.52. The minimum absolute atomic E-state index is 0.160. The van der Waals surface area contributed by atoms with Crippen molar-refractivity contribution in [1.82, 2.24) is 5.32 Å². The number of nitrogens with one attached hydrogen (secondary N) is 2. The number of hydrogen-bond acceptors (Lipinski definition) is 1. The second kappa shape index (κ2) is 7.85. The average Bonchev–Trinajstić information content (AvgIpc) is 2.64. The maximum Gasteiger partial charge on any atom is 0.171 e. The van der Waals surface area contributed by atoms with Gasteiger partial charge in [-0.3, -0.25) is 0 Å². The van der Waals surface area contributed by atoms with Crippen LogP contribution in [-0.2, 0) is 0 Å². The summed E-state index contributed by atoms with van der Waals surface area (Å²) < 4.78 is 26.4. The second-order valence-electron chi connectivity index (χ2n) is 5.48. The summed E-state index contributed by atoms with van der Waals surface area (Å²) in [6.07, 6.45) is 0. The van der Waals surface area contributed by atoms with Crippen LogP contribution in [-0.4, -0.2) is 5.11 Å². The quantitative estimate of drug-likeness (QED) is 0.642. The van der Waals surface area contributed by atoms with Crippen molar-refractivity contribution >= 4 is 23.0 Å². The van der Waals surface area contributed by atoms with Crippen LogP contribution in [0.3, 0.4) is 0 Å². The predicted octanol–water partition coefficient (Wildman–Crippen LogP) is 5.04. The third-order valence-electron chi connectivity index (χ3n) is 3.72. The Morgan fingerprint density at radius 3 is 1.84 bits per heavy atom. The molecule has 0 aliphatic heterocycles. The molecule has 126 valence electrons. The van der Waals surface area contributed by atoms with Gasteiger partial charge in [0, 0.05) is 11.8 Å². The van der Waals surface area contributed by atoms with E-state index in [2.05, 4.69) is 10.6 Å². The molecule has 0 radical (unpaired) electrons. The van der Waals surface area contributed by atoms with Gasteiger partial charge in [-0.1, -0.05) is 60.7 Å². The van der Waals surface area contributed by atoms with Crippen molar-refractivity contribution in [3.63, 3.8) is 0 Å². The molecule has 3 aromatic carbocycles. The van der Waals surface area contributed by atoms with Crippen LogP contribution in [0.25, 0.3) is 0 Å². The van der Waals surface area contributed by atoms with E-state index in [-0.39, 0.29) is 6.04 Å². The third-order valence-corrected chi connectivity index (χ3v) is 3.94. The van der Waals surface area contributed by atoms with E-state index < -0.39 is 11.6 Å². The number of thiocarbonyl (C=S) groups is 1. The van der Waals surface area contributed by atoms with E-state index in [0.29, 0.717) is 10.8 Å². The first-order chi connectivity index (χ1) is 12.1. The summed E-state index contributed by atoms with van der Waals surface area (Å²) in [6.45, 7) is 0. The summed E-state index contributed by atoms with van der Waals surface area (Å²) in [4.78, 5) is 0.